The van der Waals surface area contributed by atoms with Gasteiger partial charge in [-0.3, -0.25) is 0 Å². The molecule has 0 amide bonds. The van der Waals surface area contributed by atoms with E-state index in [0.717, 1.165) is 18.7 Å². The fourth-order valence-electron chi connectivity index (χ4n) is 2.06. The zero-order chi connectivity index (χ0) is 12.0. The molecule has 1 rings (SSSR count). The third-order valence-electron chi connectivity index (χ3n) is 2.77. The van der Waals surface area contributed by atoms with E-state index in [1.165, 1.54) is 24.1 Å². The standard InChI is InChI=1S/C14H23NO/c1-4-8-15(9-5-2)14-7-6-13(11-16)10-12(14)3/h6-7,10,16H,4-5,8-9,11H2,1-3H3. The molecule has 0 spiro atoms. The maximum Gasteiger partial charge on any atom is 0.0681 e. The highest BCUT2D eigenvalue weighted by Crippen LogP contribution is 2.22. The highest BCUT2D eigenvalue weighted by molar-refractivity contribution is 5.54. The summed E-state index contributed by atoms with van der Waals surface area (Å²) in [6, 6.07) is 6.22. The number of hydrogen-bond acceptors (Lipinski definition) is 2. The summed E-state index contributed by atoms with van der Waals surface area (Å²) in [5.41, 5.74) is 3.56. The van der Waals surface area contributed by atoms with Gasteiger partial charge < -0.3 is 10.0 Å². The van der Waals surface area contributed by atoms with Crippen LogP contribution in [0.4, 0.5) is 5.69 Å². The van der Waals surface area contributed by atoms with E-state index in [4.69, 9.17) is 5.11 Å². The monoisotopic (exact) mass is 221 g/mol. The summed E-state index contributed by atoms with van der Waals surface area (Å²) in [5, 5.41) is 9.08. The van der Waals surface area contributed by atoms with E-state index in [-0.39, 0.29) is 6.61 Å². The number of hydrogen-bond donors (Lipinski definition) is 1. The summed E-state index contributed by atoms with van der Waals surface area (Å²) in [4.78, 5) is 2.43. The molecule has 0 bridgehead atoms. The van der Waals surface area contributed by atoms with Crippen molar-refractivity contribution in [2.45, 2.75) is 40.2 Å². The number of aliphatic hydroxyl groups is 1. The van der Waals surface area contributed by atoms with Crippen LogP contribution in [0.1, 0.15) is 37.8 Å². The van der Waals surface area contributed by atoms with Crippen molar-refractivity contribution in [3.8, 4) is 0 Å². The van der Waals surface area contributed by atoms with Gasteiger partial charge >= 0.3 is 0 Å². The number of benzene rings is 1. The topological polar surface area (TPSA) is 23.5 Å². The van der Waals surface area contributed by atoms with Crippen molar-refractivity contribution in [3.05, 3.63) is 29.3 Å². The maximum atomic E-state index is 9.08. The second-order valence-corrected chi connectivity index (χ2v) is 4.27. The van der Waals surface area contributed by atoms with Crippen molar-refractivity contribution >= 4 is 5.69 Å². The molecule has 2 nitrogen and oxygen atoms in total. The molecule has 0 aliphatic rings. The first-order valence-electron chi connectivity index (χ1n) is 6.18. The molecule has 0 radical (unpaired) electrons. The van der Waals surface area contributed by atoms with Gasteiger partial charge in [-0.1, -0.05) is 26.0 Å². The Morgan fingerprint density at radius 3 is 2.19 bits per heavy atom. The average Bonchev–Trinajstić information content (AvgIpc) is 2.29. The normalized spacial score (nSPS) is 10.5. The third kappa shape index (κ3) is 3.24. The van der Waals surface area contributed by atoms with Crippen molar-refractivity contribution in [2.24, 2.45) is 0 Å². The average molecular weight is 221 g/mol. The van der Waals surface area contributed by atoms with Crippen molar-refractivity contribution < 1.29 is 5.11 Å². The lowest BCUT2D eigenvalue weighted by Gasteiger charge is -2.25. The minimum absolute atomic E-state index is 0.128. The van der Waals surface area contributed by atoms with Crippen LogP contribution in [0.3, 0.4) is 0 Å². The largest absolute Gasteiger partial charge is 0.392 e. The molecule has 0 atom stereocenters. The minimum atomic E-state index is 0.128. The van der Waals surface area contributed by atoms with Gasteiger partial charge in [0.05, 0.1) is 6.61 Å². The second kappa shape index (κ2) is 6.54. The molecular weight excluding hydrogens is 198 g/mol. The molecule has 0 heterocycles. The lowest BCUT2D eigenvalue weighted by Crippen LogP contribution is -2.25. The zero-order valence-corrected chi connectivity index (χ0v) is 10.7. The molecule has 0 saturated heterocycles. The Balaban J connectivity index is 2.90. The van der Waals surface area contributed by atoms with Gasteiger partial charge in [0, 0.05) is 18.8 Å². The molecule has 1 N–H and O–H groups in total. The van der Waals surface area contributed by atoms with Gasteiger partial charge in [-0.2, -0.15) is 0 Å². The van der Waals surface area contributed by atoms with Crippen LogP contribution in [-0.4, -0.2) is 18.2 Å². The van der Waals surface area contributed by atoms with Crippen LogP contribution in [0.2, 0.25) is 0 Å². The number of anilines is 1. The summed E-state index contributed by atoms with van der Waals surface area (Å²) in [7, 11) is 0. The van der Waals surface area contributed by atoms with Crippen molar-refractivity contribution in [1.82, 2.24) is 0 Å². The summed E-state index contributed by atoms with van der Waals surface area (Å²) >= 11 is 0. The highest BCUT2D eigenvalue weighted by Gasteiger charge is 2.07. The fraction of sp³-hybridized carbons (Fsp3) is 0.571. The Hall–Kier alpha value is -1.02. The van der Waals surface area contributed by atoms with Crippen LogP contribution in [0.15, 0.2) is 18.2 Å². The molecule has 90 valence electrons. The van der Waals surface area contributed by atoms with Crippen LogP contribution >= 0.6 is 0 Å². The number of aryl methyl sites for hydroxylation is 1. The molecule has 0 aromatic heterocycles. The zero-order valence-electron chi connectivity index (χ0n) is 10.7. The smallest absolute Gasteiger partial charge is 0.0681 e. The Morgan fingerprint density at radius 2 is 1.75 bits per heavy atom. The Morgan fingerprint density at radius 1 is 1.12 bits per heavy atom. The number of nitrogens with zero attached hydrogens (tertiary/aromatic N) is 1. The van der Waals surface area contributed by atoms with Gasteiger partial charge in [0.1, 0.15) is 0 Å². The molecule has 0 aliphatic heterocycles. The van der Waals surface area contributed by atoms with Crippen LogP contribution in [-0.2, 0) is 6.61 Å². The lowest BCUT2D eigenvalue weighted by molar-refractivity contribution is 0.282. The molecule has 0 fully saturated rings. The van der Waals surface area contributed by atoms with E-state index in [1.54, 1.807) is 0 Å². The van der Waals surface area contributed by atoms with Crippen LogP contribution < -0.4 is 4.90 Å². The molecule has 1 aromatic rings. The predicted molar refractivity (Wildman–Crippen MR) is 69.9 cm³/mol. The van der Waals surface area contributed by atoms with Gasteiger partial charge in [0.25, 0.3) is 0 Å². The van der Waals surface area contributed by atoms with E-state index in [1.807, 2.05) is 6.07 Å². The quantitative estimate of drug-likeness (QED) is 0.798. The van der Waals surface area contributed by atoms with Crippen LogP contribution in [0, 0.1) is 6.92 Å². The van der Waals surface area contributed by atoms with E-state index < -0.39 is 0 Å². The van der Waals surface area contributed by atoms with Gasteiger partial charge in [-0.15, -0.1) is 0 Å². The SMILES string of the molecule is CCCN(CCC)c1ccc(CO)cc1C. The summed E-state index contributed by atoms with van der Waals surface area (Å²) in [6.45, 7) is 8.87. The van der Waals surface area contributed by atoms with Gasteiger partial charge in [-0.05, 0) is 37.0 Å². The van der Waals surface area contributed by atoms with Crippen molar-refractivity contribution in [1.29, 1.82) is 0 Å². The molecule has 1 aromatic carbocycles. The maximum absolute atomic E-state index is 9.08. The third-order valence-corrected chi connectivity index (χ3v) is 2.77. The Bertz CT molecular complexity index is 317. The van der Waals surface area contributed by atoms with Crippen molar-refractivity contribution in [2.75, 3.05) is 18.0 Å². The van der Waals surface area contributed by atoms with E-state index in [2.05, 4.69) is 37.8 Å². The number of aliphatic hydroxyl groups excluding tert-OH is 1. The van der Waals surface area contributed by atoms with Gasteiger partial charge in [0.2, 0.25) is 0 Å². The van der Waals surface area contributed by atoms with E-state index in [9.17, 15) is 0 Å². The first-order valence-corrected chi connectivity index (χ1v) is 6.18. The molecule has 0 unspecified atom stereocenters. The lowest BCUT2D eigenvalue weighted by atomic mass is 10.1. The van der Waals surface area contributed by atoms with E-state index >= 15 is 0 Å². The molecule has 0 aliphatic carbocycles. The summed E-state index contributed by atoms with van der Waals surface area (Å²) in [5.74, 6) is 0. The van der Waals surface area contributed by atoms with Gasteiger partial charge in [0.15, 0.2) is 0 Å². The Kier molecular flexibility index (Phi) is 5.33. The highest BCUT2D eigenvalue weighted by atomic mass is 16.3. The Labute approximate surface area is 98.9 Å². The minimum Gasteiger partial charge on any atom is -0.392 e. The first-order chi connectivity index (χ1) is 7.72. The first kappa shape index (κ1) is 13.0. The van der Waals surface area contributed by atoms with Crippen LogP contribution in [0.25, 0.3) is 0 Å². The summed E-state index contributed by atoms with van der Waals surface area (Å²) < 4.78 is 0. The van der Waals surface area contributed by atoms with Gasteiger partial charge in [-0.25, -0.2) is 0 Å². The molecular formula is C14H23NO. The molecule has 0 saturated carbocycles. The number of rotatable bonds is 6. The van der Waals surface area contributed by atoms with Crippen LogP contribution in [0.5, 0.6) is 0 Å². The molecule has 16 heavy (non-hydrogen) atoms. The second-order valence-electron chi connectivity index (χ2n) is 4.27. The van der Waals surface area contributed by atoms with Crippen molar-refractivity contribution in [3.63, 3.8) is 0 Å². The summed E-state index contributed by atoms with van der Waals surface area (Å²) in [6.07, 6.45) is 2.34. The predicted octanol–water partition coefficient (Wildman–Crippen LogP) is 3.11. The molecule has 2 heteroatoms. The fourth-order valence-corrected chi connectivity index (χ4v) is 2.06. The van der Waals surface area contributed by atoms with E-state index in [0.29, 0.717) is 0 Å².